The van der Waals surface area contributed by atoms with Crippen molar-refractivity contribution in [1.29, 1.82) is 0 Å². The number of aromatic nitrogens is 3. The van der Waals surface area contributed by atoms with Crippen LogP contribution in [-0.2, 0) is 10.0 Å². The van der Waals surface area contributed by atoms with Gasteiger partial charge in [0.25, 0.3) is 5.92 Å². The van der Waals surface area contributed by atoms with Crippen LogP contribution in [0.15, 0.2) is 54.9 Å². The van der Waals surface area contributed by atoms with Crippen LogP contribution in [0.4, 0.5) is 29.2 Å². The normalized spacial score (nSPS) is 17.5. The van der Waals surface area contributed by atoms with Gasteiger partial charge in [-0.3, -0.25) is 4.72 Å². The largest absolute Gasteiger partial charge is 0.437 e. The summed E-state index contributed by atoms with van der Waals surface area (Å²) in [4.78, 5) is 13.2. The molecule has 0 spiro atoms. The van der Waals surface area contributed by atoms with Gasteiger partial charge >= 0.3 is 0 Å². The summed E-state index contributed by atoms with van der Waals surface area (Å²) in [6.07, 6.45) is 1.73. The highest BCUT2D eigenvalue weighted by molar-refractivity contribution is 7.92. The number of aryl methyl sites for hydroxylation is 1. The molecule has 228 valence electrons. The number of nitrogens with one attached hydrogen (secondary N) is 3. The number of anilines is 2. The Morgan fingerprint density at radius 2 is 1.86 bits per heavy atom. The minimum absolute atomic E-state index is 0.113. The van der Waals surface area contributed by atoms with E-state index in [1.807, 2.05) is 4.72 Å². The number of rotatable bonds is 10. The van der Waals surface area contributed by atoms with Gasteiger partial charge < -0.3 is 15.4 Å². The van der Waals surface area contributed by atoms with Crippen LogP contribution < -0.4 is 20.1 Å². The maximum atomic E-state index is 14.9. The molecule has 4 aromatic rings. The zero-order valence-corrected chi connectivity index (χ0v) is 24.2. The number of nitrogens with zero attached hydrogens (tertiary/aromatic N) is 3. The summed E-state index contributed by atoms with van der Waals surface area (Å²) in [5, 5.41) is 6.61. The monoisotopic (exact) mass is 618 g/mol. The lowest BCUT2D eigenvalue weighted by atomic mass is 10.0. The van der Waals surface area contributed by atoms with Crippen LogP contribution in [0.5, 0.6) is 11.6 Å². The molecule has 5 rings (SSSR count). The van der Waals surface area contributed by atoms with E-state index in [-0.39, 0.29) is 23.1 Å². The van der Waals surface area contributed by atoms with Crippen molar-refractivity contribution in [2.75, 3.05) is 28.9 Å². The molecule has 3 N–H and O–H groups in total. The lowest BCUT2D eigenvalue weighted by Gasteiger charge is -2.26. The molecule has 1 aliphatic heterocycles. The zero-order valence-electron chi connectivity index (χ0n) is 23.4. The van der Waals surface area contributed by atoms with E-state index in [1.54, 1.807) is 37.4 Å². The van der Waals surface area contributed by atoms with Crippen LogP contribution in [-0.4, -0.2) is 60.3 Å². The molecule has 1 aliphatic rings. The van der Waals surface area contributed by atoms with Crippen LogP contribution in [0.2, 0.25) is 0 Å². The van der Waals surface area contributed by atoms with Crippen molar-refractivity contribution in [3.63, 3.8) is 0 Å². The molecule has 0 amide bonds. The van der Waals surface area contributed by atoms with Gasteiger partial charge in [-0.15, -0.1) is 0 Å². The van der Waals surface area contributed by atoms with E-state index in [2.05, 4.69) is 25.6 Å². The minimum Gasteiger partial charge on any atom is -0.437 e. The Labute approximate surface area is 246 Å². The lowest BCUT2D eigenvalue weighted by Crippen LogP contribution is -2.44. The second kappa shape index (κ2) is 12.3. The van der Waals surface area contributed by atoms with Crippen molar-refractivity contribution in [2.24, 2.45) is 0 Å². The summed E-state index contributed by atoms with van der Waals surface area (Å²) < 4.78 is 89.9. The summed E-state index contributed by atoms with van der Waals surface area (Å²) >= 11 is 0. The Hall–Kier alpha value is -4.04. The standard InChI is InChI=1S/C29H30F4N6O3S/c1-3-29(32,33)16-43(40,41)39-25-20-7-6-17(2)26(21(20)8-9-23(25)31)42-27-22(5-4-11-35-27)24-10-12-36-28(38-24)37-19-13-18(30)14-34-15-19/h4-12,18-19,34,39H,3,13-16H2,1-2H3,(H,36,37,38)/t18-,19-/m0/s1. The number of halogens is 4. The van der Waals surface area contributed by atoms with Crippen LogP contribution >= 0.6 is 0 Å². The number of hydrogen-bond acceptors (Lipinski definition) is 8. The minimum atomic E-state index is -4.60. The van der Waals surface area contributed by atoms with E-state index < -0.39 is 45.8 Å². The third kappa shape index (κ3) is 7.13. The molecule has 3 heterocycles. The second-order valence-corrected chi connectivity index (χ2v) is 12.1. The van der Waals surface area contributed by atoms with Crippen LogP contribution in [0, 0.1) is 12.7 Å². The first-order chi connectivity index (χ1) is 20.4. The number of hydrogen-bond donors (Lipinski definition) is 3. The first kappa shape index (κ1) is 30.4. The number of pyridine rings is 1. The fraction of sp³-hybridized carbons (Fsp3) is 0.345. The van der Waals surface area contributed by atoms with Gasteiger partial charge in [0.2, 0.25) is 21.9 Å². The predicted octanol–water partition coefficient (Wildman–Crippen LogP) is 5.83. The maximum Gasteiger partial charge on any atom is 0.263 e. The topological polar surface area (TPSA) is 118 Å². The molecule has 9 nitrogen and oxygen atoms in total. The van der Waals surface area contributed by atoms with Crippen molar-refractivity contribution >= 4 is 32.4 Å². The van der Waals surface area contributed by atoms with Gasteiger partial charge in [-0.2, -0.15) is 0 Å². The average Bonchev–Trinajstić information content (AvgIpc) is 2.96. The van der Waals surface area contributed by atoms with E-state index in [0.717, 1.165) is 6.07 Å². The first-order valence-corrected chi connectivity index (χ1v) is 15.3. The van der Waals surface area contributed by atoms with Crippen LogP contribution in [0.25, 0.3) is 22.0 Å². The fourth-order valence-electron chi connectivity index (χ4n) is 4.80. The smallest absolute Gasteiger partial charge is 0.263 e. The number of alkyl halides is 3. The molecular weight excluding hydrogens is 588 g/mol. The van der Waals surface area contributed by atoms with Crippen molar-refractivity contribution in [3.05, 3.63) is 66.2 Å². The third-order valence-corrected chi connectivity index (χ3v) is 8.32. The van der Waals surface area contributed by atoms with Crippen LogP contribution in [0.1, 0.15) is 25.3 Å². The molecule has 2 atom stereocenters. The molecule has 14 heteroatoms. The summed E-state index contributed by atoms with van der Waals surface area (Å²) in [7, 11) is -4.60. The van der Waals surface area contributed by atoms with Crippen molar-refractivity contribution < 1.29 is 30.7 Å². The first-order valence-electron chi connectivity index (χ1n) is 13.6. The highest BCUT2D eigenvalue weighted by atomic mass is 32.2. The van der Waals surface area contributed by atoms with Gasteiger partial charge in [0.05, 0.1) is 16.9 Å². The third-order valence-electron chi connectivity index (χ3n) is 7.00. The molecular formula is C29H30F4N6O3S. The molecule has 0 aliphatic carbocycles. The summed E-state index contributed by atoms with van der Waals surface area (Å²) in [5.74, 6) is -5.19. The van der Waals surface area contributed by atoms with Crippen LogP contribution in [0.3, 0.4) is 0 Å². The number of sulfonamides is 1. The predicted molar refractivity (Wildman–Crippen MR) is 156 cm³/mol. The number of piperidine rings is 1. The van der Waals surface area contributed by atoms with Gasteiger partial charge in [0.15, 0.2) is 0 Å². The van der Waals surface area contributed by atoms with E-state index in [4.69, 9.17) is 4.74 Å². The molecule has 1 saturated heterocycles. The van der Waals surface area contributed by atoms with E-state index in [9.17, 15) is 26.0 Å². The summed E-state index contributed by atoms with van der Waals surface area (Å²) in [6, 6.07) is 10.4. The maximum absolute atomic E-state index is 14.9. The van der Waals surface area contributed by atoms with Gasteiger partial charge in [-0.25, -0.2) is 40.9 Å². The van der Waals surface area contributed by atoms with Crippen molar-refractivity contribution in [2.45, 2.75) is 44.8 Å². The molecule has 0 unspecified atom stereocenters. The SMILES string of the molecule is CCC(F)(F)CS(=O)(=O)Nc1c(F)ccc2c(Oc3ncccc3-c3ccnc(N[C@@H]4CNC[C@@H](F)C4)n3)c(C)ccc12. The van der Waals surface area contributed by atoms with Gasteiger partial charge in [0.1, 0.15) is 23.5 Å². The Kier molecular flexibility index (Phi) is 8.69. The molecule has 2 aromatic heterocycles. The average molecular weight is 619 g/mol. The van der Waals surface area contributed by atoms with E-state index in [0.29, 0.717) is 47.7 Å². The molecule has 0 radical (unpaired) electrons. The number of fused-ring (bicyclic) bond motifs is 1. The Bertz CT molecular complexity index is 1740. The lowest BCUT2D eigenvalue weighted by molar-refractivity contribution is 0.0219. The fourth-order valence-corrected chi connectivity index (χ4v) is 6.15. The summed E-state index contributed by atoms with van der Waals surface area (Å²) in [5.41, 5.74) is 1.13. The number of ether oxygens (including phenoxy) is 1. The Morgan fingerprint density at radius 1 is 1.07 bits per heavy atom. The molecule has 0 bridgehead atoms. The van der Waals surface area contributed by atoms with Gasteiger partial charge in [-0.05, 0) is 42.8 Å². The molecule has 43 heavy (non-hydrogen) atoms. The summed E-state index contributed by atoms with van der Waals surface area (Å²) in [6.45, 7) is 3.78. The van der Waals surface area contributed by atoms with Crippen molar-refractivity contribution in [1.82, 2.24) is 20.3 Å². The quantitative estimate of drug-likeness (QED) is 0.190. The van der Waals surface area contributed by atoms with Gasteiger partial charge in [0, 0.05) is 55.1 Å². The number of benzene rings is 2. The second-order valence-electron chi connectivity index (χ2n) is 10.4. The molecule has 0 saturated carbocycles. The van der Waals surface area contributed by atoms with Crippen molar-refractivity contribution in [3.8, 4) is 22.9 Å². The highest BCUT2D eigenvalue weighted by Gasteiger charge is 2.34. The molecule has 2 aromatic carbocycles. The van der Waals surface area contributed by atoms with Gasteiger partial charge in [-0.1, -0.05) is 19.1 Å². The zero-order chi connectivity index (χ0) is 30.8. The van der Waals surface area contributed by atoms with E-state index in [1.165, 1.54) is 25.3 Å². The van der Waals surface area contributed by atoms with E-state index >= 15 is 0 Å². The molecule has 1 fully saturated rings. The Morgan fingerprint density at radius 3 is 2.63 bits per heavy atom. The highest BCUT2D eigenvalue weighted by Crippen LogP contribution is 2.40. The Balaban J connectivity index is 1.48.